The van der Waals surface area contributed by atoms with E-state index in [2.05, 4.69) is 4.74 Å². The monoisotopic (exact) mass is 164 g/mol. The van der Waals surface area contributed by atoms with Crippen molar-refractivity contribution in [2.75, 3.05) is 39.4 Å². The molecule has 1 heterocycles. The van der Waals surface area contributed by atoms with Crippen molar-refractivity contribution in [1.29, 1.82) is 0 Å². The van der Waals surface area contributed by atoms with E-state index in [-0.39, 0.29) is 0 Å². The smallest absolute Gasteiger partial charge is 0.0701 e. The Kier molecular flexibility index (Phi) is 20.0. The zero-order valence-electron chi connectivity index (χ0n) is 6.96. The van der Waals surface area contributed by atoms with Crippen LogP contribution in [0.15, 0.2) is 0 Å². The lowest BCUT2D eigenvalue weighted by atomic mass is 10.7. The van der Waals surface area contributed by atoms with Gasteiger partial charge in [0.15, 0.2) is 0 Å². The van der Waals surface area contributed by atoms with Crippen LogP contribution < -0.4 is 22.9 Å². The summed E-state index contributed by atoms with van der Waals surface area (Å²) in [5.41, 5.74) is 19.6. The molecule has 0 radical (unpaired) electrons. The van der Waals surface area contributed by atoms with Crippen molar-refractivity contribution in [3.63, 3.8) is 0 Å². The number of hydrogen-bond acceptors (Lipinski definition) is 5. The SMILES string of the molecule is C1CO1.NCCN.NCCN. The predicted octanol–water partition coefficient (Wildman–Crippen LogP) is -2.18. The van der Waals surface area contributed by atoms with Crippen LogP contribution in [0.4, 0.5) is 0 Å². The van der Waals surface area contributed by atoms with Gasteiger partial charge in [0.25, 0.3) is 0 Å². The van der Waals surface area contributed by atoms with Crippen molar-refractivity contribution >= 4 is 0 Å². The molecule has 0 bridgehead atoms. The number of ether oxygens (including phenoxy) is 1. The molecule has 5 heteroatoms. The van der Waals surface area contributed by atoms with Gasteiger partial charge in [-0.05, 0) is 0 Å². The zero-order chi connectivity index (χ0) is 8.95. The number of hydrogen-bond donors (Lipinski definition) is 4. The van der Waals surface area contributed by atoms with Gasteiger partial charge in [-0.2, -0.15) is 0 Å². The fraction of sp³-hybridized carbons (Fsp3) is 1.00. The molecule has 0 aromatic carbocycles. The summed E-state index contributed by atoms with van der Waals surface area (Å²) in [5, 5.41) is 0. The van der Waals surface area contributed by atoms with Gasteiger partial charge in [-0.1, -0.05) is 0 Å². The normalized spacial score (nSPS) is 12.0. The third-order valence-corrected chi connectivity index (χ3v) is 0.537. The summed E-state index contributed by atoms with van der Waals surface area (Å²) < 4.78 is 4.50. The molecule has 5 nitrogen and oxygen atoms in total. The third kappa shape index (κ3) is 76.1. The molecule has 0 amide bonds. The van der Waals surface area contributed by atoms with E-state index < -0.39 is 0 Å². The molecule has 8 N–H and O–H groups in total. The van der Waals surface area contributed by atoms with Crippen molar-refractivity contribution < 1.29 is 4.74 Å². The van der Waals surface area contributed by atoms with Crippen molar-refractivity contribution in [1.82, 2.24) is 0 Å². The van der Waals surface area contributed by atoms with Gasteiger partial charge in [0, 0.05) is 26.2 Å². The van der Waals surface area contributed by atoms with Crippen LogP contribution in [0.25, 0.3) is 0 Å². The average Bonchev–Trinajstić information content (AvgIpc) is 2.90. The van der Waals surface area contributed by atoms with E-state index in [0.717, 1.165) is 13.2 Å². The molecular formula is C6H20N4O. The Balaban J connectivity index is 0. The highest BCUT2D eigenvalue weighted by Crippen LogP contribution is 1.84. The minimum Gasteiger partial charge on any atom is -0.377 e. The molecule has 0 spiro atoms. The first-order valence-electron chi connectivity index (χ1n) is 3.71. The third-order valence-electron chi connectivity index (χ3n) is 0.537. The van der Waals surface area contributed by atoms with Gasteiger partial charge in [0.2, 0.25) is 0 Å². The van der Waals surface area contributed by atoms with Crippen LogP contribution in [0.1, 0.15) is 0 Å². The second-order valence-electron chi connectivity index (χ2n) is 1.77. The molecule has 1 aliphatic heterocycles. The Morgan fingerprint density at radius 1 is 0.727 bits per heavy atom. The molecular weight excluding hydrogens is 144 g/mol. The maximum absolute atomic E-state index is 4.90. The van der Waals surface area contributed by atoms with Crippen LogP contribution in [-0.2, 0) is 4.74 Å². The predicted molar refractivity (Wildman–Crippen MR) is 47.0 cm³/mol. The second-order valence-corrected chi connectivity index (χ2v) is 1.77. The van der Waals surface area contributed by atoms with Gasteiger partial charge < -0.3 is 27.7 Å². The lowest BCUT2D eigenvalue weighted by Crippen LogP contribution is -2.11. The number of rotatable bonds is 2. The maximum atomic E-state index is 4.90. The first kappa shape index (κ1) is 13.4. The average molecular weight is 164 g/mol. The molecule has 1 saturated heterocycles. The zero-order valence-corrected chi connectivity index (χ0v) is 6.96. The van der Waals surface area contributed by atoms with Crippen molar-refractivity contribution in [3.8, 4) is 0 Å². The summed E-state index contributed by atoms with van der Waals surface area (Å²) in [7, 11) is 0. The maximum Gasteiger partial charge on any atom is 0.0701 e. The molecule has 0 aromatic heterocycles. The largest absolute Gasteiger partial charge is 0.377 e. The molecule has 0 aromatic rings. The summed E-state index contributed by atoms with van der Waals surface area (Å²) in [6.07, 6.45) is 0. The van der Waals surface area contributed by atoms with Gasteiger partial charge in [0.1, 0.15) is 0 Å². The number of epoxide rings is 1. The quantitative estimate of drug-likeness (QED) is 0.346. The van der Waals surface area contributed by atoms with Crippen molar-refractivity contribution in [2.45, 2.75) is 0 Å². The van der Waals surface area contributed by atoms with Crippen LogP contribution in [0.3, 0.4) is 0 Å². The summed E-state index contributed by atoms with van der Waals surface area (Å²) in [5.74, 6) is 0. The van der Waals surface area contributed by atoms with Crippen molar-refractivity contribution in [3.05, 3.63) is 0 Å². The Bertz CT molecular complexity index is 41.1. The van der Waals surface area contributed by atoms with E-state index in [0.29, 0.717) is 26.2 Å². The first-order valence-corrected chi connectivity index (χ1v) is 3.71. The molecule has 0 atom stereocenters. The van der Waals surface area contributed by atoms with E-state index >= 15 is 0 Å². The first-order chi connectivity index (χ1) is 5.33. The van der Waals surface area contributed by atoms with Crippen LogP contribution in [0.5, 0.6) is 0 Å². The van der Waals surface area contributed by atoms with E-state index in [9.17, 15) is 0 Å². The summed E-state index contributed by atoms with van der Waals surface area (Å²) in [6, 6.07) is 0. The van der Waals surface area contributed by atoms with Crippen LogP contribution in [0, 0.1) is 0 Å². The Labute approximate surface area is 68.0 Å². The summed E-state index contributed by atoms with van der Waals surface area (Å²) in [6.45, 7) is 4.39. The van der Waals surface area contributed by atoms with Crippen LogP contribution in [0.2, 0.25) is 0 Å². The lowest BCUT2D eigenvalue weighted by Gasteiger charge is -1.72. The Morgan fingerprint density at radius 2 is 0.909 bits per heavy atom. The van der Waals surface area contributed by atoms with Gasteiger partial charge >= 0.3 is 0 Å². The minimum atomic E-state index is 0.597. The van der Waals surface area contributed by atoms with Gasteiger partial charge in [0.05, 0.1) is 13.2 Å². The molecule has 0 unspecified atom stereocenters. The molecule has 11 heavy (non-hydrogen) atoms. The molecule has 0 saturated carbocycles. The molecule has 1 rings (SSSR count). The molecule has 1 fully saturated rings. The van der Waals surface area contributed by atoms with Crippen molar-refractivity contribution in [2.24, 2.45) is 22.9 Å². The van der Waals surface area contributed by atoms with E-state index in [4.69, 9.17) is 22.9 Å². The van der Waals surface area contributed by atoms with Gasteiger partial charge in [-0.25, -0.2) is 0 Å². The number of nitrogens with two attached hydrogens (primary N) is 4. The summed E-state index contributed by atoms with van der Waals surface area (Å²) >= 11 is 0. The van der Waals surface area contributed by atoms with Crippen LogP contribution in [-0.4, -0.2) is 39.4 Å². The molecule has 70 valence electrons. The lowest BCUT2D eigenvalue weighted by molar-refractivity contribution is 0.475. The van der Waals surface area contributed by atoms with Crippen LogP contribution >= 0.6 is 0 Å². The van der Waals surface area contributed by atoms with Gasteiger partial charge in [-0.15, -0.1) is 0 Å². The Hall–Kier alpha value is -0.200. The highest BCUT2D eigenvalue weighted by molar-refractivity contribution is 4.36. The van der Waals surface area contributed by atoms with Gasteiger partial charge in [-0.3, -0.25) is 0 Å². The topological polar surface area (TPSA) is 117 Å². The second kappa shape index (κ2) is 16.4. The molecule has 0 aliphatic carbocycles. The highest BCUT2D eigenvalue weighted by atomic mass is 16.6. The van der Waals surface area contributed by atoms with E-state index in [1.165, 1.54) is 0 Å². The standard InChI is InChI=1S/2C2H8N2.C2H4O/c2*3-1-2-4;1-2-3-1/h2*1-4H2;1-2H2. The van der Waals surface area contributed by atoms with E-state index in [1.807, 2.05) is 0 Å². The highest BCUT2D eigenvalue weighted by Gasteiger charge is 1.94. The fourth-order valence-electron chi connectivity index (χ4n) is 0. The Morgan fingerprint density at radius 3 is 0.909 bits per heavy atom. The fourth-order valence-corrected chi connectivity index (χ4v) is 0. The molecule has 1 aliphatic rings. The van der Waals surface area contributed by atoms with E-state index in [1.54, 1.807) is 0 Å². The summed E-state index contributed by atoms with van der Waals surface area (Å²) in [4.78, 5) is 0. The minimum absolute atomic E-state index is 0.597.